The van der Waals surface area contributed by atoms with Gasteiger partial charge in [0.15, 0.2) is 5.96 Å². The quantitative estimate of drug-likeness (QED) is 0.362. The Balaban J connectivity index is 0.00000280. The topological polar surface area (TPSA) is 74.7 Å². The highest BCUT2D eigenvalue weighted by molar-refractivity contribution is 14.0. The lowest BCUT2D eigenvalue weighted by Crippen LogP contribution is -2.41. The number of hydrogen-bond donors (Lipinski definition) is 2. The lowest BCUT2D eigenvalue weighted by atomic mass is 10.2. The smallest absolute Gasteiger partial charge is 0.191 e. The first-order valence-corrected chi connectivity index (χ1v) is 10.1. The van der Waals surface area contributed by atoms with Crippen molar-refractivity contribution in [2.75, 3.05) is 31.6 Å². The van der Waals surface area contributed by atoms with Gasteiger partial charge in [-0.2, -0.15) is 0 Å². The van der Waals surface area contributed by atoms with Gasteiger partial charge >= 0.3 is 0 Å². The van der Waals surface area contributed by atoms with Gasteiger partial charge in [0.2, 0.25) is 0 Å². The van der Waals surface area contributed by atoms with Crippen LogP contribution in [0.4, 0.5) is 5.82 Å². The fourth-order valence-electron chi connectivity index (χ4n) is 3.04. The minimum absolute atomic E-state index is 0. The zero-order valence-electron chi connectivity index (χ0n) is 16.9. The van der Waals surface area contributed by atoms with Gasteiger partial charge in [-0.15, -0.1) is 35.3 Å². The highest BCUT2D eigenvalue weighted by atomic mass is 127. The lowest BCUT2D eigenvalue weighted by Gasteiger charge is -2.32. The number of thiazole rings is 1. The number of morpholine rings is 1. The Morgan fingerprint density at radius 1 is 1.32 bits per heavy atom. The van der Waals surface area contributed by atoms with E-state index in [1.54, 1.807) is 18.4 Å². The number of guanidine groups is 1. The summed E-state index contributed by atoms with van der Waals surface area (Å²) in [5.74, 6) is 1.78. The third kappa shape index (κ3) is 6.28. The summed E-state index contributed by atoms with van der Waals surface area (Å²) < 4.78 is 5.59. The molecule has 28 heavy (non-hydrogen) atoms. The van der Waals surface area contributed by atoms with Crippen molar-refractivity contribution in [1.29, 1.82) is 0 Å². The van der Waals surface area contributed by atoms with Gasteiger partial charge in [0.25, 0.3) is 0 Å². The minimum Gasteiger partial charge on any atom is -0.375 e. The van der Waals surface area contributed by atoms with E-state index in [2.05, 4.69) is 49.6 Å². The highest BCUT2D eigenvalue weighted by Gasteiger charge is 2.17. The summed E-state index contributed by atoms with van der Waals surface area (Å²) in [5, 5.41) is 7.77. The number of ether oxygens (including phenoxy) is 1. The van der Waals surface area contributed by atoms with Crippen molar-refractivity contribution in [3.63, 3.8) is 0 Å². The number of nitrogens with one attached hydrogen (secondary N) is 2. The first-order valence-electron chi connectivity index (χ1n) is 9.24. The summed E-state index contributed by atoms with van der Waals surface area (Å²) in [4.78, 5) is 16.9. The van der Waals surface area contributed by atoms with Crippen molar-refractivity contribution in [1.82, 2.24) is 20.6 Å². The van der Waals surface area contributed by atoms with Crippen molar-refractivity contribution >= 4 is 47.1 Å². The summed E-state index contributed by atoms with van der Waals surface area (Å²) in [6.07, 6.45) is 2.18. The van der Waals surface area contributed by atoms with Crippen LogP contribution in [0, 0.1) is 13.8 Å². The molecule has 0 saturated carbocycles. The van der Waals surface area contributed by atoms with Crippen LogP contribution in [0.2, 0.25) is 0 Å². The molecule has 1 aliphatic heterocycles. The molecule has 2 N–H and O–H groups in total. The average molecular weight is 516 g/mol. The van der Waals surface area contributed by atoms with Crippen LogP contribution in [0.25, 0.3) is 0 Å². The highest BCUT2D eigenvalue weighted by Crippen LogP contribution is 2.17. The molecule has 0 aliphatic carbocycles. The van der Waals surface area contributed by atoms with E-state index in [0.717, 1.165) is 54.3 Å². The number of pyridine rings is 1. The number of aromatic nitrogens is 2. The zero-order valence-corrected chi connectivity index (χ0v) is 20.0. The van der Waals surface area contributed by atoms with E-state index in [4.69, 9.17) is 4.74 Å². The van der Waals surface area contributed by atoms with E-state index in [-0.39, 0.29) is 30.1 Å². The van der Waals surface area contributed by atoms with Crippen molar-refractivity contribution in [2.24, 2.45) is 4.99 Å². The molecule has 1 unspecified atom stereocenters. The van der Waals surface area contributed by atoms with Crippen LogP contribution < -0.4 is 15.5 Å². The number of aliphatic imine (C=N–C) groups is 1. The van der Waals surface area contributed by atoms with Gasteiger partial charge in [0, 0.05) is 37.8 Å². The molecule has 9 heteroatoms. The van der Waals surface area contributed by atoms with E-state index < -0.39 is 0 Å². The largest absolute Gasteiger partial charge is 0.375 e. The standard InChI is InChI=1S/C19H28N6OS.HI/c1-13-12-25(7-8-26-13)18-6-5-16(9-21-18)10-22-19(20-4)23-11-17-14(2)24-15(3)27-17;/h5-6,9,13H,7-8,10-12H2,1-4H3,(H2,20,22,23);1H. The first kappa shape index (κ1) is 22.8. The van der Waals surface area contributed by atoms with Crippen LogP contribution in [0.1, 0.15) is 28.1 Å². The second-order valence-corrected chi connectivity index (χ2v) is 7.96. The lowest BCUT2D eigenvalue weighted by molar-refractivity contribution is 0.0529. The van der Waals surface area contributed by atoms with E-state index >= 15 is 0 Å². The van der Waals surface area contributed by atoms with Crippen LogP contribution in [0.15, 0.2) is 23.3 Å². The monoisotopic (exact) mass is 516 g/mol. The van der Waals surface area contributed by atoms with Gasteiger partial charge in [0.05, 0.1) is 30.0 Å². The van der Waals surface area contributed by atoms with Crippen LogP contribution in [0.5, 0.6) is 0 Å². The molecule has 2 aromatic rings. The van der Waals surface area contributed by atoms with Gasteiger partial charge in [0.1, 0.15) is 5.82 Å². The Hall–Kier alpha value is -1.46. The minimum atomic E-state index is 0. The molecule has 0 spiro atoms. The van der Waals surface area contributed by atoms with Crippen molar-refractivity contribution < 1.29 is 4.74 Å². The number of aryl methyl sites for hydroxylation is 2. The molecule has 1 saturated heterocycles. The van der Waals surface area contributed by atoms with Crippen molar-refractivity contribution in [3.05, 3.63) is 39.5 Å². The number of rotatable bonds is 5. The number of anilines is 1. The van der Waals surface area contributed by atoms with Crippen LogP contribution >= 0.6 is 35.3 Å². The zero-order chi connectivity index (χ0) is 19.2. The van der Waals surface area contributed by atoms with Gasteiger partial charge in [-0.25, -0.2) is 9.97 Å². The first-order chi connectivity index (χ1) is 13.0. The third-order valence-corrected chi connectivity index (χ3v) is 5.55. The Kier molecular flexibility index (Phi) is 8.90. The number of halogens is 1. The van der Waals surface area contributed by atoms with E-state index in [1.165, 1.54) is 4.88 Å². The molecule has 3 rings (SSSR count). The second kappa shape index (κ2) is 10.9. The summed E-state index contributed by atoms with van der Waals surface area (Å²) in [7, 11) is 1.78. The fourth-order valence-corrected chi connectivity index (χ4v) is 3.92. The number of nitrogens with zero attached hydrogens (tertiary/aromatic N) is 4. The Morgan fingerprint density at radius 2 is 2.11 bits per heavy atom. The average Bonchev–Trinajstić information content (AvgIpc) is 2.99. The van der Waals surface area contributed by atoms with Gasteiger partial charge in [-0.05, 0) is 32.4 Å². The van der Waals surface area contributed by atoms with Gasteiger partial charge in [-0.1, -0.05) is 6.07 Å². The van der Waals surface area contributed by atoms with Crippen LogP contribution in [0.3, 0.4) is 0 Å². The van der Waals surface area contributed by atoms with E-state index in [1.807, 2.05) is 20.0 Å². The Labute approximate surface area is 188 Å². The summed E-state index contributed by atoms with van der Waals surface area (Å²) in [5.41, 5.74) is 2.20. The molecule has 1 aliphatic rings. The maximum absolute atomic E-state index is 5.59. The molecular weight excluding hydrogens is 487 g/mol. The molecule has 0 radical (unpaired) electrons. The SMILES string of the molecule is CN=C(NCc1ccc(N2CCOC(C)C2)nc1)NCc1sc(C)nc1C.I. The van der Waals surface area contributed by atoms with Crippen LogP contribution in [-0.4, -0.2) is 48.8 Å². The molecule has 7 nitrogen and oxygen atoms in total. The molecule has 1 atom stereocenters. The Bertz CT molecular complexity index is 779. The van der Waals surface area contributed by atoms with Crippen molar-refractivity contribution in [3.8, 4) is 0 Å². The van der Waals surface area contributed by atoms with E-state index in [9.17, 15) is 0 Å². The predicted molar refractivity (Wildman–Crippen MR) is 126 cm³/mol. The maximum Gasteiger partial charge on any atom is 0.191 e. The molecule has 2 aromatic heterocycles. The summed E-state index contributed by atoms with van der Waals surface area (Å²) >= 11 is 1.72. The third-order valence-electron chi connectivity index (χ3n) is 4.47. The van der Waals surface area contributed by atoms with Gasteiger partial charge < -0.3 is 20.3 Å². The molecular formula is C19H29IN6OS. The summed E-state index contributed by atoms with van der Waals surface area (Å²) in [6, 6.07) is 4.19. The molecule has 3 heterocycles. The van der Waals surface area contributed by atoms with Crippen molar-refractivity contribution in [2.45, 2.75) is 40.0 Å². The number of hydrogen-bond acceptors (Lipinski definition) is 6. The fraction of sp³-hybridized carbons (Fsp3) is 0.526. The predicted octanol–water partition coefficient (Wildman–Crippen LogP) is 2.86. The normalized spacial score (nSPS) is 17.2. The molecule has 0 aromatic carbocycles. The second-order valence-electron chi connectivity index (χ2n) is 6.67. The Morgan fingerprint density at radius 3 is 2.71 bits per heavy atom. The maximum atomic E-state index is 5.59. The van der Waals surface area contributed by atoms with Crippen LogP contribution in [-0.2, 0) is 17.8 Å². The molecule has 154 valence electrons. The summed E-state index contributed by atoms with van der Waals surface area (Å²) in [6.45, 7) is 10.1. The molecule has 1 fully saturated rings. The van der Waals surface area contributed by atoms with E-state index in [0.29, 0.717) is 6.54 Å². The molecule has 0 bridgehead atoms. The molecule has 0 amide bonds. The van der Waals surface area contributed by atoms with Gasteiger partial charge in [-0.3, -0.25) is 4.99 Å².